The molecule has 7 heteroatoms. The van der Waals surface area contributed by atoms with E-state index in [1.54, 1.807) is 59.5 Å². The van der Waals surface area contributed by atoms with Crippen molar-refractivity contribution in [2.24, 2.45) is 5.92 Å². The molecule has 0 bridgehead atoms. The molecule has 0 saturated carbocycles. The van der Waals surface area contributed by atoms with Crippen molar-refractivity contribution in [3.8, 4) is 11.5 Å². The summed E-state index contributed by atoms with van der Waals surface area (Å²) in [6.07, 6.45) is 0.114. The van der Waals surface area contributed by atoms with Gasteiger partial charge in [-0.05, 0) is 24.3 Å². The van der Waals surface area contributed by atoms with Crippen molar-refractivity contribution in [1.82, 2.24) is 0 Å². The van der Waals surface area contributed by atoms with Crippen LogP contribution in [0.5, 0.6) is 11.5 Å². The molecule has 0 spiro atoms. The maximum Gasteiger partial charge on any atom is 0.229 e. The zero-order valence-electron chi connectivity index (χ0n) is 17.8. The van der Waals surface area contributed by atoms with Gasteiger partial charge in [0.1, 0.15) is 13.2 Å². The van der Waals surface area contributed by atoms with Gasteiger partial charge in [0.25, 0.3) is 0 Å². The Morgan fingerprint density at radius 1 is 0.848 bits per heavy atom. The van der Waals surface area contributed by atoms with Crippen LogP contribution in [-0.4, -0.2) is 37.4 Å². The summed E-state index contributed by atoms with van der Waals surface area (Å²) < 4.78 is 11.1. The van der Waals surface area contributed by atoms with E-state index in [0.29, 0.717) is 47.2 Å². The minimum absolute atomic E-state index is 0.114. The lowest BCUT2D eigenvalue weighted by atomic mass is 10.0. The number of anilines is 2. The number of hydrogen-bond donors (Lipinski definition) is 1. The summed E-state index contributed by atoms with van der Waals surface area (Å²) >= 11 is 0. The Hall–Kier alpha value is -4.13. The third-order valence-electron chi connectivity index (χ3n) is 5.76. The maximum absolute atomic E-state index is 12.9. The summed E-state index contributed by atoms with van der Waals surface area (Å²) in [4.78, 5) is 39.8. The van der Waals surface area contributed by atoms with E-state index in [4.69, 9.17) is 9.47 Å². The lowest BCUT2D eigenvalue weighted by molar-refractivity contribution is -0.122. The largest absolute Gasteiger partial charge is 0.486 e. The normalized spacial score (nSPS) is 17.0. The highest BCUT2D eigenvalue weighted by atomic mass is 16.6. The average molecular weight is 442 g/mol. The van der Waals surface area contributed by atoms with Crippen LogP contribution in [0.2, 0.25) is 0 Å². The number of amides is 2. The second-order valence-electron chi connectivity index (χ2n) is 8.00. The number of carbonyl (C=O) groups is 3. The fraction of sp³-hybridized carbons (Fsp3) is 0.192. The Balaban J connectivity index is 1.27. The highest BCUT2D eigenvalue weighted by Gasteiger charge is 2.35. The van der Waals surface area contributed by atoms with Gasteiger partial charge in [0.2, 0.25) is 11.8 Å². The lowest BCUT2D eigenvalue weighted by Gasteiger charge is -2.22. The number of rotatable bonds is 5. The first-order valence-electron chi connectivity index (χ1n) is 10.8. The van der Waals surface area contributed by atoms with Crippen molar-refractivity contribution in [1.29, 1.82) is 0 Å². The number of ether oxygens (including phenoxy) is 2. The maximum atomic E-state index is 12.9. The molecular weight excluding hydrogens is 420 g/mol. The molecule has 33 heavy (non-hydrogen) atoms. The standard InChI is InChI=1S/C26H22N2O5/c29-24-14-19(16-28(24)21-9-10-22-23(15-21)33-12-11-32-22)26(31)27-20-8-4-7-18(13-20)25(30)17-5-2-1-3-6-17/h1-10,13,15,19H,11-12,14,16H2,(H,27,31). The fourth-order valence-corrected chi connectivity index (χ4v) is 4.07. The van der Waals surface area contributed by atoms with E-state index in [-0.39, 0.29) is 30.6 Å². The molecule has 0 aromatic heterocycles. The molecule has 0 aliphatic carbocycles. The van der Waals surface area contributed by atoms with Crippen molar-refractivity contribution in [2.75, 3.05) is 30.0 Å². The molecule has 2 heterocycles. The number of nitrogens with zero attached hydrogens (tertiary/aromatic N) is 1. The molecule has 166 valence electrons. The molecule has 5 rings (SSSR count). The van der Waals surface area contributed by atoms with E-state index in [9.17, 15) is 14.4 Å². The van der Waals surface area contributed by atoms with E-state index < -0.39 is 5.92 Å². The summed E-state index contributed by atoms with van der Waals surface area (Å²) in [6.45, 7) is 1.23. The second-order valence-corrected chi connectivity index (χ2v) is 8.00. The van der Waals surface area contributed by atoms with Crippen molar-refractivity contribution < 1.29 is 23.9 Å². The Labute approximate surface area is 190 Å². The van der Waals surface area contributed by atoms with E-state index in [0.717, 1.165) is 0 Å². The van der Waals surface area contributed by atoms with Gasteiger partial charge >= 0.3 is 0 Å². The molecule has 1 atom stereocenters. The molecule has 0 radical (unpaired) electrons. The minimum Gasteiger partial charge on any atom is -0.486 e. The monoisotopic (exact) mass is 442 g/mol. The van der Waals surface area contributed by atoms with Crippen LogP contribution in [0.4, 0.5) is 11.4 Å². The fourth-order valence-electron chi connectivity index (χ4n) is 4.07. The number of benzene rings is 3. The van der Waals surface area contributed by atoms with Crippen LogP contribution >= 0.6 is 0 Å². The molecule has 1 saturated heterocycles. The Morgan fingerprint density at radius 3 is 2.42 bits per heavy atom. The molecular formula is C26H22N2O5. The van der Waals surface area contributed by atoms with Crippen molar-refractivity contribution in [3.63, 3.8) is 0 Å². The quantitative estimate of drug-likeness (QED) is 0.610. The van der Waals surface area contributed by atoms with Crippen LogP contribution < -0.4 is 19.7 Å². The third-order valence-corrected chi connectivity index (χ3v) is 5.76. The number of carbonyl (C=O) groups excluding carboxylic acids is 3. The van der Waals surface area contributed by atoms with E-state index in [1.807, 2.05) is 18.2 Å². The minimum atomic E-state index is -0.501. The van der Waals surface area contributed by atoms with Crippen LogP contribution in [0.1, 0.15) is 22.3 Å². The van der Waals surface area contributed by atoms with Crippen LogP contribution in [0.25, 0.3) is 0 Å². The Morgan fingerprint density at radius 2 is 1.61 bits per heavy atom. The SMILES string of the molecule is O=C(c1ccccc1)c1cccc(NC(=O)C2CC(=O)N(c3ccc4c(c3)OCCO4)C2)c1. The van der Waals surface area contributed by atoms with Gasteiger partial charge in [-0.3, -0.25) is 14.4 Å². The van der Waals surface area contributed by atoms with Crippen molar-refractivity contribution in [2.45, 2.75) is 6.42 Å². The number of nitrogens with one attached hydrogen (secondary N) is 1. The average Bonchev–Trinajstić information content (AvgIpc) is 3.25. The van der Waals surface area contributed by atoms with Gasteiger partial charge in [-0.15, -0.1) is 0 Å². The zero-order chi connectivity index (χ0) is 22.8. The van der Waals surface area contributed by atoms with Crippen LogP contribution in [0.15, 0.2) is 72.8 Å². The first-order valence-corrected chi connectivity index (χ1v) is 10.8. The number of ketones is 1. The molecule has 2 aliphatic heterocycles. The first kappa shape index (κ1) is 20.8. The third kappa shape index (κ3) is 4.30. The molecule has 1 unspecified atom stereocenters. The zero-order valence-corrected chi connectivity index (χ0v) is 17.8. The molecule has 2 aliphatic rings. The highest BCUT2D eigenvalue weighted by Crippen LogP contribution is 2.36. The van der Waals surface area contributed by atoms with Gasteiger partial charge in [0, 0.05) is 41.5 Å². The summed E-state index contributed by atoms with van der Waals surface area (Å²) in [5, 5.41) is 2.86. The summed E-state index contributed by atoms with van der Waals surface area (Å²) in [5.41, 5.74) is 2.26. The molecule has 3 aromatic rings. The molecule has 7 nitrogen and oxygen atoms in total. The first-order chi connectivity index (χ1) is 16.1. The molecule has 3 aromatic carbocycles. The van der Waals surface area contributed by atoms with E-state index >= 15 is 0 Å². The lowest BCUT2D eigenvalue weighted by Crippen LogP contribution is -2.28. The highest BCUT2D eigenvalue weighted by molar-refractivity contribution is 6.10. The van der Waals surface area contributed by atoms with Crippen molar-refractivity contribution in [3.05, 3.63) is 83.9 Å². The van der Waals surface area contributed by atoms with Crippen LogP contribution in [0, 0.1) is 5.92 Å². The Bertz CT molecular complexity index is 1220. The van der Waals surface area contributed by atoms with Crippen LogP contribution in [-0.2, 0) is 9.59 Å². The van der Waals surface area contributed by atoms with E-state index in [2.05, 4.69) is 5.32 Å². The summed E-state index contributed by atoms with van der Waals surface area (Å²) in [7, 11) is 0. The predicted octanol–water partition coefficient (Wildman–Crippen LogP) is 3.68. The predicted molar refractivity (Wildman–Crippen MR) is 123 cm³/mol. The van der Waals surface area contributed by atoms with E-state index in [1.165, 1.54) is 0 Å². The number of fused-ring (bicyclic) bond motifs is 1. The molecule has 2 amide bonds. The second kappa shape index (κ2) is 8.78. The van der Waals surface area contributed by atoms with Gasteiger partial charge in [-0.25, -0.2) is 0 Å². The summed E-state index contributed by atoms with van der Waals surface area (Å²) in [5.74, 6) is 0.245. The number of hydrogen-bond acceptors (Lipinski definition) is 5. The van der Waals surface area contributed by atoms with Gasteiger partial charge in [0.05, 0.1) is 5.92 Å². The Kier molecular flexibility index (Phi) is 5.52. The molecule has 1 fully saturated rings. The van der Waals surface area contributed by atoms with Gasteiger partial charge in [-0.1, -0.05) is 42.5 Å². The van der Waals surface area contributed by atoms with Crippen LogP contribution in [0.3, 0.4) is 0 Å². The smallest absolute Gasteiger partial charge is 0.229 e. The topological polar surface area (TPSA) is 84.9 Å². The van der Waals surface area contributed by atoms with Gasteiger partial charge in [-0.2, -0.15) is 0 Å². The van der Waals surface area contributed by atoms with Crippen molar-refractivity contribution >= 4 is 29.0 Å². The van der Waals surface area contributed by atoms with Gasteiger partial charge < -0.3 is 19.7 Å². The van der Waals surface area contributed by atoms with Gasteiger partial charge in [0.15, 0.2) is 17.3 Å². The summed E-state index contributed by atoms with van der Waals surface area (Å²) in [6, 6.07) is 21.2. The molecule has 1 N–H and O–H groups in total.